The second-order valence-electron chi connectivity index (χ2n) is 4.30. The summed E-state index contributed by atoms with van der Waals surface area (Å²) in [7, 11) is 0. The van der Waals surface area contributed by atoms with Crippen molar-refractivity contribution in [2.45, 2.75) is 6.42 Å². The minimum Gasteiger partial charge on any atom is -0.0696 e. The normalized spacial score (nSPS) is 30.0. The molecule has 0 heterocycles. The van der Waals surface area contributed by atoms with Crippen LogP contribution >= 0.6 is 0 Å². The van der Waals surface area contributed by atoms with E-state index < -0.39 is 0 Å². The van der Waals surface area contributed by atoms with Crippen molar-refractivity contribution < 1.29 is 0 Å². The number of allylic oxidation sites excluding steroid dienone is 4. The van der Waals surface area contributed by atoms with Gasteiger partial charge >= 0.3 is 0 Å². The smallest absolute Gasteiger partial charge is 0.0398 e. The van der Waals surface area contributed by atoms with Gasteiger partial charge in [0.2, 0.25) is 0 Å². The van der Waals surface area contributed by atoms with Crippen LogP contribution in [0.1, 0.15) is 6.42 Å². The third-order valence-corrected chi connectivity index (χ3v) is 3.65. The van der Waals surface area contributed by atoms with Gasteiger partial charge in [0.1, 0.15) is 0 Å². The van der Waals surface area contributed by atoms with Crippen LogP contribution in [0.15, 0.2) is 48.6 Å². The molecule has 1 saturated carbocycles. The molecule has 0 N–H and O–H groups in total. The number of benzene rings is 1. The van der Waals surface area contributed by atoms with E-state index in [9.17, 15) is 0 Å². The molecule has 1 aromatic rings. The van der Waals surface area contributed by atoms with Gasteiger partial charge in [0.05, 0.1) is 0 Å². The van der Waals surface area contributed by atoms with Crippen LogP contribution in [0.4, 0.5) is 0 Å². The van der Waals surface area contributed by atoms with Crippen LogP contribution in [0.5, 0.6) is 0 Å². The SMILES string of the molecule is C1=CC2=c3ccccc3=C3CC23C=C1. The van der Waals surface area contributed by atoms with E-state index in [1.54, 1.807) is 5.57 Å². The van der Waals surface area contributed by atoms with Crippen molar-refractivity contribution in [2.75, 3.05) is 0 Å². The molecule has 0 heteroatoms. The predicted octanol–water partition coefficient (Wildman–Crippen LogP) is 1.52. The first kappa shape index (κ1) is 6.83. The highest BCUT2D eigenvalue weighted by Gasteiger charge is 2.52. The largest absolute Gasteiger partial charge is 0.0696 e. The standard InChI is InChI=1S/C14H10/c1-2-6-11-10(5-1)12-7-3-4-8-14(12)9-13(11)14/h1-8H,9H2. The summed E-state index contributed by atoms with van der Waals surface area (Å²) >= 11 is 0. The molecule has 4 rings (SSSR count). The van der Waals surface area contributed by atoms with Gasteiger partial charge in [0.15, 0.2) is 0 Å². The highest BCUT2D eigenvalue weighted by Crippen LogP contribution is 2.62. The van der Waals surface area contributed by atoms with Gasteiger partial charge in [-0.2, -0.15) is 0 Å². The summed E-state index contributed by atoms with van der Waals surface area (Å²) in [6.07, 6.45) is 10.2. The number of rotatable bonds is 0. The van der Waals surface area contributed by atoms with Crippen molar-refractivity contribution in [1.82, 2.24) is 0 Å². The Labute approximate surface area is 82.6 Å². The Kier molecular flexibility index (Phi) is 0.940. The van der Waals surface area contributed by atoms with Crippen molar-refractivity contribution in [3.05, 3.63) is 59.0 Å². The van der Waals surface area contributed by atoms with E-state index in [2.05, 4.69) is 48.6 Å². The van der Waals surface area contributed by atoms with Crippen molar-refractivity contribution >= 4 is 11.1 Å². The molecule has 0 radical (unpaired) electrons. The maximum absolute atomic E-state index is 2.36. The first-order chi connectivity index (χ1) is 6.92. The zero-order chi connectivity index (χ0) is 9.17. The second kappa shape index (κ2) is 1.93. The molecule has 66 valence electrons. The summed E-state index contributed by atoms with van der Waals surface area (Å²) in [5.74, 6) is 0. The molecule has 1 fully saturated rings. The Balaban J connectivity index is 2.28. The summed E-state index contributed by atoms with van der Waals surface area (Å²) in [6.45, 7) is 0. The highest BCUT2D eigenvalue weighted by molar-refractivity contribution is 5.95. The molecular formula is C14H10. The molecule has 1 aromatic carbocycles. The van der Waals surface area contributed by atoms with Crippen LogP contribution in [0.3, 0.4) is 0 Å². The fourth-order valence-electron chi connectivity index (χ4n) is 2.91. The van der Waals surface area contributed by atoms with E-state index in [1.807, 2.05) is 0 Å². The van der Waals surface area contributed by atoms with Crippen molar-refractivity contribution in [2.24, 2.45) is 5.41 Å². The molecule has 0 amide bonds. The Hall–Kier alpha value is -1.56. The molecule has 0 nitrogen and oxygen atoms in total. The van der Waals surface area contributed by atoms with Crippen molar-refractivity contribution in [3.8, 4) is 0 Å². The van der Waals surface area contributed by atoms with E-state index in [-0.39, 0.29) is 0 Å². The number of hydrogen-bond acceptors (Lipinski definition) is 0. The molecule has 0 saturated heterocycles. The lowest BCUT2D eigenvalue weighted by Crippen LogP contribution is -2.24. The van der Waals surface area contributed by atoms with E-state index in [4.69, 9.17) is 0 Å². The predicted molar refractivity (Wildman–Crippen MR) is 57.8 cm³/mol. The molecule has 0 aliphatic heterocycles. The van der Waals surface area contributed by atoms with Gasteiger partial charge in [0, 0.05) is 5.41 Å². The van der Waals surface area contributed by atoms with Gasteiger partial charge in [-0.3, -0.25) is 0 Å². The van der Waals surface area contributed by atoms with Gasteiger partial charge in [0.25, 0.3) is 0 Å². The summed E-state index contributed by atoms with van der Waals surface area (Å²) < 4.78 is 0. The summed E-state index contributed by atoms with van der Waals surface area (Å²) in [5, 5.41) is 2.94. The van der Waals surface area contributed by atoms with E-state index >= 15 is 0 Å². The topological polar surface area (TPSA) is 0 Å². The van der Waals surface area contributed by atoms with Crippen LogP contribution in [-0.4, -0.2) is 0 Å². The van der Waals surface area contributed by atoms with Crippen LogP contribution in [0, 0.1) is 5.41 Å². The minimum atomic E-state index is 0.332. The Morgan fingerprint density at radius 1 is 1.00 bits per heavy atom. The summed E-state index contributed by atoms with van der Waals surface area (Å²) in [5.41, 5.74) is 3.48. The highest BCUT2D eigenvalue weighted by atomic mass is 14.5. The summed E-state index contributed by atoms with van der Waals surface area (Å²) in [4.78, 5) is 0. The zero-order valence-corrected chi connectivity index (χ0v) is 7.83. The summed E-state index contributed by atoms with van der Waals surface area (Å²) in [6, 6.07) is 8.78. The Morgan fingerprint density at radius 2 is 1.86 bits per heavy atom. The van der Waals surface area contributed by atoms with E-state index in [1.165, 1.54) is 22.4 Å². The molecule has 0 bridgehead atoms. The number of hydrogen-bond donors (Lipinski definition) is 0. The molecule has 3 aliphatic carbocycles. The first-order valence-corrected chi connectivity index (χ1v) is 5.11. The third kappa shape index (κ3) is 0.569. The molecule has 1 spiro atoms. The van der Waals surface area contributed by atoms with Crippen molar-refractivity contribution in [1.29, 1.82) is 0 Å². The Morgan fingerprint density at radius 3 is 2.79 bits per heavy atom. The van der Waals surface area contributed by atoms with Gasteiger partial charge in [-0.25, -0.2) is 0 Å². The number of fused-ring (bicyclic) bond motifs is 1. The van der Waals surface area contributed by atoms with E-state index in [0.717, 1.165) is 0 Å². The maximum Gasteiger partial charge on any atom is 0.0398 e. The molecule has 3 aliphatic rings. The minimum absolute atomic E-state index is 0.332. The third-order valence-electron chi connectivity index (χ3n) is 3.65. The van der Waals surface area contributed by atoms with Crippen molar-refractivity contribution in [3.63, 3.8) is 0 Å². The van der Waals surface area contributed by atoms with E-state index in [0.29, 0.717) is 5.41 Å². The lowest BCUT2D eigenvalue weighted by atomic mass is 9.92. The van der Waals surface area contributed by atoms with Gasteiger partial charge < -0.3 is 0 Å². The molecular weight excluding hydrogens is 168 g/mol. The van der Waals surface area contributed by atoms with Crippen LogP contribution < -0.4 is 10.4 Å². The monoisotopic (exact) mass is 178 g/mol. The lowest BCUT2D eigenvalue weighted by molar-refractivity contribution is 0.936. The molecule has 0 aromatic heterocycles. The van der Waals surface area contributed by atoms with Gasteiger partial charge in [-0.1, -0.05) is 48.6 Å². The average Bonchev–Trinajstić information content (AvgIpc) is 2.88. The van der Waals surface area contributed by atoms with Gasteiger partial charge in [-0.15, -0.1) is 0 Å². The maximum atomic E-state index is 2.36. The Bertz CT molecular complexity index is 614. The zero-order valence-electron chi connectivity index (χ0n) is 7.83. The first-order valence-electron chi connectivity index (χ1n) is 5.11. The lowest BCUT2D eigenvalue weighted by Gasteiger charge is -2.11. The van der Waals surface area contributed by atoms with Crippen LogP contribution in [0.2, 0.25) is 0 Å². The molecule has 1 atom stereocenters. The van der Waals surface area contributed by atoms with Gasteiger partial charge in [-0.05, 0) is 28.0 Å². The van der Waals surface area contributed by atoms with Crippen LogP contribution in [-0.2, 0) is 0 Å². The quantitative estimate of drug-likeness (QED) is 0.565. The second-order valence-corrected chi connectivity index (χ2v) is 4.30. The van der Waals surface area contributed by atoms with Crippen LogP contribution in [0.25, 0.3) is 11.1 Å². The molecule has 14 heavy (non-hydrogen) atoms. The fourth-order valence-corrected chi connectivity index (χ4v) is 2.91. The average molecular weight is 178 g/mol. The fraction of sp³-hybridized carbons (Fsp3) is 0.143. The molecule has 1 unspecified atom stereocenters.